The zero-order valence-corrected chi connectivity index (χ0v) is 31.1. The van der Waals surface area contributed by atoms with Crippen molar-refractivity contribution in [3.05, 3.63) is 47.5 Å². The summed E-state index contributed by atoms with van der Waals surface area (Å²) in [6, 6.07) is 7.90. The van der Waals surface area contributed by atoms with Crippen LogP contribution in [0.2, 0.25) is 0 Å². The van der Waals surface area contributed by atoms with Gasteiger partial charge in [0.2, 0.25) is 11.8 Å². The molecule has 0 saturated heterocycles. The zero-order valence-electron chi connectivity index (χ0n) is 31.1. The monoisotopic (exact) mass is 747 g/mol. The molecule has 54 heavy (non-hydrogen) atoms. The molecule has 4 rings (SSSR count). The summed E-state index contributed by atoms with van der Waals surface area (Å²) in [5.74, 6) is -4.82. The summed E-state index contributed by atoms with van der Waals surface area (Å²) in [7, 11) is 1.41. The number of Topliss-reactive ketones (excluding diaryl/α,β-unsaturated/α-hetero) is 4. The van der Waals surface area contributed by atoms with Crippen LogP contribution in [0.5, 0.6) is 11.5 Å². The lowest BCUT2D eigenvalue weighted by Gasteiger charge is -2.32. The van der Waals surface area contributed by atoms with E-state index in [1.165, 1.54) is 18.9 Å². The number of nitrogens with two attached hydrogens (primary N) is 2. The van der Waals surface area contributed by atoms with Gasteiger partial charge in [-0.3, -0.25) is 24.0 Å². The van der Waals surface area contributed by atoms with Crippen LogP contribution in [0.3, 0.4) is 0 Å². The fraction of sp³-hybridized carbons (Fsp3) is 0.500. The second kappa shape index (κ2) is 19.2. The number of benzene rings is 2. The van der Waals surface area contributed by atoms with E-state index in [4.69, 9.17) is 20.9 Å². The lowest BCUT2D eigenvalue weighted by atomic mass is 9.88. The van der Waals surface area contributed by atoms with Crippen LogP contribution in [-0.4, -0.2) is 103 Å². The van der Waals surface area contributed by atoms with Gasteiger partial charge in [-0.1, -0.05) is 26.0 Å². The van der Waals surface area contributed by atoms with Gasteiger partial charge in [-0.2, -0.15) is 5.11 Å². The second-order valence-electron chi connectivity index (χ2n) is 13.7. The topological polar surface area (TPSA) is 246 Å². The maximum absolute atomic E-state index is 14.3. The normalized spacial score (nSPS) is 19.5. The maximum Gasteiger partial charge on any atom is 0.229 e. The highest BCUT2D eigenvalue weighted by atomic mass is 16.5. The van der Waals surface area contributed by atoms with E-state index in [1.54, 1.807) is 50.2 Å². The Kier molecular flexibility index (Phi) is 14.8. The number of likely N-dealkylation sites (N-methyl/N-ethyl adjacent to an activating group) is 1. The minimum Gasteiger partial charge on any atom is -0.492 e. The summed E-state index contributed by atoms with van der Waals surface area (Å²) in [6.07, 6.45) is -0.728. The molecule has 2 aliphatic rings. The molecule has 6 N–H and O–H groups in total. The summed E-state index contributed by atoms with van der Waals surface area (Å²) in [5, 5.41) is 23.8. The number of rotatable bonds is 16. The number of carbonyl (C=O) groups is 6. The molecule has 5 atom stereocenters. The third-order valence-corrected chi connectivity index (χ3v) is 9.34. The van der Waals surface area contributed by atoms with Crippen molar-refractivity contribution in [2.75, 3.05) is 46.5 Å². The number of aliphatic hydroxyl groups excluding tert-OH is 1. The van der Waals surface area contributed by atoms with E-state index in [-0.39, 0.29) is 75.8 Å². The Labute approximate surface area is 313 Å². The SMILES string of the molecule is CC(=O)C[C@@H](CO)C(=O)N(C)[C@@H]1C(=O)C[C@@H](C)C(=O)N[C@H](C(=O)C[C@@H](C)C(=O)C2=NN=NC2)Cc2ccc(OCCN)c(c2)-c2cc1ccc2OCCN. The van der Waals surface area contributed by atoms with Crippen molar-refractivity contribution in [2.45, 2.75) is 58.5 Å². The average Bonchev–Trinajstić information content (AvgIpc) is 3.69. The predicted octanol–water partition coefficient (Wildman–Crippen LogP) is 1.74. The van der Waals surface area contributed by atoms with E-state index >= 15 is 0 Å². The number of ether oxygens (including phenoxy) is 2. The average molecular weight is 748 g/mol. The van der Waals surface area contributed by atoms with Crippen LogP contribution < -0.4 is 26.3 Å². The molecule has 0 aliphatic carbocycles. The van der Waals surface area contributed by atoms with Gasteiger partial charge in [0.1, 0.15) is 48.8 Å². The van der Waals surface area contributed by atoms with Crippen LogP contribution in [0.25, 0.3) is 11.1 Å². The Morgan fingerprint density at radius 2 is 1.63 bits per heavy atom. The van der Waals surface area contributed by atoms with Crippen LogP contribution in [-0.2, 0) is 35.2 Å². The van der Waals surface area contributed by atoms with Gasteiger partial charge in [0, 0.05) is 62.4 Å². The largest absolute Gasteiger partial charge is 0.492 e. The third kappa shape index (κ3) is 10.3. The van der Waals surface area contributed by atoms with Crippen molar-refractivity contribution < 1.29 is 43.3 Å². The smallest absolute Gasteiger partial charge is 0.229 e. The predicted molar refractivity (Wildman–Crippen MR) is 198 cm³/mol. The molecule has 4 bridgehead atoms. The van der Waals surface area contributed by atoms with Crippen molar-refractivity contribution in [2.24, 2.45) is 44.7 Å². The highest BCUT2D eigenvalue weighted by Crippen LogP contribution is 2.40. The van der Waals surface area contributed by atoms with Gasteiger partial charge in [0.05, 0.1) is 18.6 Å². The molecule has 16 nitrogen and oxygen atoms in total. The summed E-state index contributed by atoms with van der Waals surface area (Å²) in [4.78, 5) is 81.8. The summed E-state index contributed by atoms with van der Waals surface area (Å²) < 4.78 is 12.1. The number of carbonyl (C=O) groups excluding carboxylic acids is 6. The molecule has 2 heterocycles. The van der Waals surface area contributed by atoms with E-state index < -0.39 is 59.8 Å². The molecule has 0 aromatic heterocycles. The molecule has 0 fully saturated rings. The first-order valence-corrected chi connectivity index (χ1v) is 17.9. The Balaban J connectivity index is 1.87. The molecule has 2 aromatic rings. The van der Waals surface area contributed by atoms with Gasteiger partial charge < -0.3 is 41.1 Å². The molecule has 16 heteroatoms. The lowest BCUT2D eigenvalue weighted by Crippen LogP contribution is -2.46. The minimum absolute atomic E-state index is 0.0295. The van der Waals surface area contributed by atoms with Crippen molar-refractivity contribution in [1.29, 1.82) is 0 Å². The Morgan fingerprint density at radius 3 is 2.22 bits per heavy atom. The number of fused-ring (bicyclic) bond motifs is 5. The van der Waals surface area contributed by atoms with Gasteiger partial charge in [0.15, 0.2) is 17.3 Å². The maximum atomic E-state index is 14.3. The Morgan fingerprint density at radius 1 is 0.981 bits per heavy atom. The number of nitrogens with zero attached hydrogens (tertiary/aromatic N) is 4. The van der Waals surface area contributed by atoms with E-state index in [0.717, 1.165) is 0 Å². The summed E-state index contributed by atoms with van der Waals surface area (Å²) in [5.41, 5.74) is 13.7. The molecular weight excluding hydrogens is 698 g/mol. The van der Waals surface area contributed by atoms with Crippen LogP contribution in [0.4, 0.5) is 0 Å². The molecule has 0 saturated carbocycles. The Hall–Kier alpha value is -5.19. The van der Waals surface area contributed by atoms with E-state index in [9.17, 15) is 33.9 Å². The number of amides is 2. The molecule has 2 aliphatic heterocycles. The van der Waals surface area contributed by atoms with Crippen LogP contribution in [0.15, 0.2) is 51.8 Å². The zero-order chi connectivity index (χ0) is 39.5. The van der Waals surface area contributed by atoms with Crippen LogP contribution in [0, 0.1) is 17.8 Å². The van der Waals surface area contributed by atoms with Crippen molar-refractivity contribution >= 4 is 40.7 Å². The number of ketones is 4. The van der Waals surface area contributed by atoms with Crippen LogP contribution >= 0.6 is 0 Å². The standard InChI is InChI=1S/C38H49N7O9/c1-21(36(50)30-19-41-44-43-30)13-31(48)29-17-24-5-7-33(53-11-9-39)27(16-24)28-18-25(6-8-34(28)54-12-10-40)35(32(49)14-22(2)37(51)42-29)45(4)38(52)26(20-46)15-23(3)47/h5-8,16,18,21-22,26,29,35,46H,9-15,17,19-20,39-40H2,1-4H3,(H,42,51)/t21-,22-,26+,29+,35+/m1/s1. The quantitative estimate of drug-likeness (QED) is 0.193. The van der Waals surface area contributed by atoms with Crippen molar-refractivity contribution in [3.63, 3.8) is 0 Å². The molecule has 0 radical (unpaired) electrons. The van der Waals surface area contributed by atoms with Gasteiger partial charge in [0.25, 0.3) is 0 Å². The molecule has 290 valence electrons. The summed E-state index contributed by atoms with van der Waals surface area (Å²) >= 11 is 0. The summed E-state index contributed by atoms with van der Waals surface area (Å²) in [6.45, 7) is 4.58. The number of nitrogens with one attached hydrogen (secondary N) is 1. The first-order chi connectivity index (χ1) is 25.8. The molecular formula is C38H49N7O9. The third-order valence-electron chi connectivity index (χ3n) is 9.34. The molecule has 0 unspecified atom stereocenters. The molecule has 2 aromatic carbocycles. The minimum atomic E-state index is -1.25. The number of hydrogen-bond acceptors (Lipinski definition) is 14. The first-order valence-electron chi connectivity index (χ1n) is 17.9. The first kappa shape index (κ1) is 41.6. The number of hydrogen-bond donors (Lipinski definition) is 4. The fourth-order valence-electron chi connectivity index (χ4n) is 6.52. The highest BCUT2D eigenvalue weighted by molar-refractivity contribution is 6.41. The van der Waals surface area contributed by atoms with Gasteiger partial charge in [-0.25, -0.2) is 0 Å². The number of aliphatic hydroxyl groups is 1. The van der Waals surface area contributed by atoms with E-state index in [1.807, 2.05) is 0 Å². The molecule has 0 spiro atoms. The second-order valence-corrected chi connectivity index (χ2v) is 13.7. The van der Waals surface area contributed by atoms with E-state index in [0.29, 0.717) is 33.8 Å². The van der Waals surface area contributed by atoms with Gasteiger partial charge in [-0.15, -0.1) is 5.10 Å². The highest BCUT2D eigenvalue weighted by Gasteiger charge is 2.36. The Bertz CT molecular complexity index is 1810. The van der Waals surface area contributed by atoms with Crippen molar-refractivity contribution in [1.82, 2.24) is 10.2 Å². The fourth-order valence-corrected chi connectivity index (χ4v) is 6.52. The molecule has 2 amide bonds. The van der Waals surface area contributed by atoms with Gasteiger partial charge >= 0.3 is 0 Å². The van der Waals surface area contributed by atoms with E-state index in [2.05, 4.69) is 20.8 Å². The van der Waals surface area contributed by atoms with Crippen LogP contribution in [0.1, 0.15) is 57.2 Å². The lowest BCUT2D eigenvalue weighted by molar-refractivity contribution is -0.144. The van der Waals surface area contributed by atoms with Gasteiger partial charge in [-0.05, 0) is 54.0 Å². The van der Waals surface area contributed by atoms with Crippen molar-refractivity contribution in [3.8, 4) is 22.6 Å².